The Morgan fingerprint density at radius 3 is 2.35 bits per heavy atom. The van der Waals surface area contributed by atoms with Gasteiger partial charge >= 0.3 is 0 Å². The zero-order valence-corrected chi connectivity index (χ0v) is 22.2. The van der Waals surface area contributed by atoms with Crippen molar-refractivity contribution in [3.63, 3.8) is 0 Å². The highest BCUT2D eigenvalue weighted by molar-refractivity contribution is 6.17. The van der Waals surface area contributed by atoms with E-state index in [0.29, 0.717) is 24.0 Å². The van der Waals surface area contributed by atoms with Gasteiger partial charge in [0.1, 0.15) is 30.2 Å². The number of halogens is 1. The van der Waals surface area contributed by atoms with Crippen LogP contribution in [-0.2, 0) is 31.5 Å². The van der Waals surface area contributed by atoms with Gasteiger partial charge in [-0.15, -0.1) is 11.6 Å². The zero-order valence-electron chi connectivity index (χ0n) is 21.4. The van der Waals surface area contributed by atoms with Crippen LogP contribution in [0.4, 0.5) is 0 Å². The van der Waals surface area contributed by atoms with Crippen LogP contribution in [0.15, 0.2) is 18.2 Å². The summed E-state index contributed by atoms with van der Waals surface area (Å²) in [7, 11) is 1.64. The van der Waals surface area contributed by atoms with Crippen molar-refractivity contribution in [2.45, 2.75) is 94.0 Å². The standard InChI is InChI=1S/C27H39ClO9/c1-3-16-7-8-19(13-20(16)34-25-24(32)23(31)22(30)21(14-29)35-25)27(33-2)26(36-37-27)17-5-4-6-18(26)12-15(11-17)9-10-28/h7-8,13,15,17-18,21-25,29-32H,3-6,9-12,14H2,1-2H3. The molecule has 5 rings (SSSR count). The molecule has 1 aromatic carbocycles. The van der Waals surface area contributed by atoms with Gasteiger partial charge in [-0.05, 0) is 67.9 Å². The molecule has 0 radical (unpaired) electrons. The van der Waals surface area contributed by atoms with Crippen molar-refractivity contribution < 1.29 is 44.4 Å². The molecule has 10 heteroatoms. The van der Waals surface area contributed by atoms with Crippen LogP contribution in [0, 0.1) is 17.8 Å². The molecule has 9 nitrogen and oxygen atoms in total. The first-order valence-electron chi connectivity index (χ1n) is 13.4. The van der Waals surface area contributed by atoms with Gasteiger partial charge in [-0.2, -0.15) is 4.89 Å². The lowest BCUT2D eigenvalue weighted by Gasteiger charge is -2.65. The van der Waals surface area contributed by atoms with Crippen molar-refractivity contribution in [2.75, 3.05) is 19.6 Å². The third-order valence-corrected chi connectivity index (χ3v) is 9.31. The summed E-state index contributed by atoms with van der Waals surface area (Å²) in [5.41, 5.74) is 0.981. The molecule has 2 bridgehead atoms. The highest BCUT2D eigenvalue weighted by Crippen LogP contribution is 2.65. The van der Waals surface area contributed by atoms with Gasteiger partial charge in [-0.3, -0.25) is 0 Å². The summed E-state index contributed by atoms with van der Waals surface area (Å²) < 4.78 is 17.9. The summed E-state index contributed by atoms with van der Waals surface area (Å²) in [4.78, 5) is 12.0. The van der Waals surface area contributed by atoms with Crippen molar-refractivity contribution in [2.24, 2.45) is 17.8 Å². The van der Waals surface area contributed by atoms with Gasteiger partial charge in [0.05, 0.1) is 6.61 Å². The molecule has 0 aromatic heterocycles. The molecule has 1 spiro atoms. The van der Waals surface area contributed by atoms with Gasteiger partial charge in [0.25, 0.3) is 5.79 Å². The second-order valence-electron chi connectivity index (χ2n) is 10.9. The Kier molecular flexibility index (Phi) is 8.09. The number of methoxy groups -OCH3 is 1. The Labute approximate surface area is 222 Å². The van der Waals surface area contributed by atoms with Crippen LogP contribution >= 0.6 is 11.6 Å². The van der Waals surface area contributed by atoms with E-state index >= 15 is 0 Å². The van der Waals surface area contributed by atoms with Gasteiger partial charge in [0.15, 0.2) is 5.60 Å². The zero-order chi connectivity index (χ0) is 26.4. The fraction of sp³-hybridized carbons (Fsp3) is 0.778. The van der Waals surface area contributed by atoms with Gasteiger partial charge in [-0.1, -0.05) is 25.5 Å². The Morgan fingerprint density at radius 1 is 1.05 bits per heavy atom. The van der Waals surface area contributed by atoms with E-state index in [1.54, 1.807) is 7.11 Å². The summed E-state index contributed by atoms with van der Waals surface area (Å²) >= 11 is 6.10. The molecule has 2 heterocycles. The summed E-state index contributed by atoms with van der Waals surface area (Å²) in [6.07, 6.45) is 0.0415. The van der Waals surface area contributed by atoms with Crippen molar-refractivity contribution >= 4 is 11.6 Å². The Balaban J connectivity index is 1.47. The molecule has 4 aliphatic rings. The van der Waals surface area contributed by atoms with Crippen LogP contribution in [0.25, 0.3) is 0 Å². The number of aliphatic hydroxyl groups is 4. The Bertz CT molecular complexity index is 926. The molecular formula is C27H39ClO9. The lowest BCUT2D eigenvalue weighted by molar-refractivity contribution is -0.643. The van der Waals surface area contributed by atoms with Crippen molar-refractivity contribution in [1.29, 1.82) is 0 Å². The largest absolute Gasteiger partial charge is 0.462 e. The minimum atomic E-state index is -1.52. The number of aryl methyl sites for hydroxylation is 1. The van der Waals surface area contributed by atoms with Crippen LogP contribution < -0.4 is 4.74 Å². The summed E-state index contributed by atoms with van der Waals surface area (Å²) in [6, 6.07) is 5.72. The number of alkyl halides is 1. The third-order valence-electron chi connectivity index (χ3n) is 9.09. The van der Waals surface area contributed by atoms with E-state index in [0.717, 1.165) is 49.7 Å². The highest BCUT2D eigenvalue weighted by atomic mass is 35.5. The van der Waals surface area contributed by atoms with Crippen LogP contribution in [0.3, 0.4) is 0 Å². The first kappa shape index (κ1) is 27.6. The summed E-state index contributed by atoms with van der Waals surface area (Å²) in [5, 5.41) is 40.4. The lowest BCUT2D eigenvalue weighted by atomic mass is 9.54. The molecule has 2 aliphatic carbocycles. The van der Waals surface area contributed by atoms with E-state index in [2.05, 4.69) is 0 Å². The first-order chi connectivity index (χ1) is 17.8. The second-order valence-corrected chi connectivity index (χ2v) is 11.3. The van der Waals surface area contributed by atoms with E-state index < -0.39 is 48.7 Å². The number of benzene rings is 1. The molecule has 4 N–H and O–H groups in total. The van der Waals surface area contributed by atoms with Gasteiger partial charge in [-0.25, -0.2) is 4.89 Å². The number of rotatable bonds is 8. The molecule has 4 fully saturated rings. The molecule has 2 aliphatic heterocycles. The average molecular weight is 543 g/mol. The smallest absolute Gasteiger partial charge is 0.260 e. The normalized spacial score (nSPS) is 43.4. The van der Waals surface area contributed by atoms with Crippen molar-refractivity contribution in [3.05, 3.63) is 29.3 Å². The minimum absolute atomic E-state index is 0.266. The molecule has 8 atom stereocenters. The number of ether oxygens (including phenoxy) is 3. The second kappa shape index (κ2) is 10.9. The monoisotopic (exact) mass is 542 g/mol. The maximum atomic E-state index is 10.5. The van der Waals surface area contributed by atoms with Gasteiger partial charge in [0, 0.05) is 18.6 Å². The lowest BCUT2D eigenvalue weighted by Crippen LogP contribution is -2.74. The van der Waals surface area contributed by atoms with E-state index in [4.69, 9.17) is 35.6 Å². The predicted octanol–water partition coefficient (Wildman–Crippen LogP) is 2.38. The number of hydrogen-bond donors (Lipinski definition) is 4. The molecule has 0 amide bonds. The molecule has 2 saturated carbocycles. The molecular weight excluding hydrogens is 504 g/mol. The molecule has 37 heavy (non-hydrogen) atoms. The SMILES string of the molecule is CCc1ccc(C2(OC)OOC23C2CCCC3CC(CCCl)C2)cc1OC1OC(CO)C(O)C(O)C1O. The predicted molar refractivity (Wildman–Crippen MR) is 133 cm³/mol. The molecule has 8 unspecified atom stereocenters. The summed E-state index contributed by atoms with van der Waals surface area (Å²) in [6.45, 7) is 1.45. The number of hydrogen-bond acceptors (Lipinski definition) is 9. The molecule has 1 aromatic rings. The van der Waals surface area contributed by atoms with Crippen LogP contribution in [0.1, 0.15) is 56.6 Å². The maximum absolute atomic E-state index is 10.5. The average Bonchev–Trinajstić information content (AvgIpc) is 2.88. The minimum Gasteiger partial charge on any atom is -0.462 e. The number of aliphatic hydroxyl groups excluding tert-OH is 4. The first-order valence-corrected chi connectivity index (χ1v) is 14.0. The van der Waals surface area contributed by atoms with Crippen molar-refractivity contribution in [3.8, 4) is 5.75 Å². The molecule has 2 saturated heterocycles. The fourth-order valence-corrected chi connectivity index (χ4v) is 7.48. The summed E-state index contributed by atoms with van der Waals surface area (Å²) in [5.74, 6) is 1.07. The van der Waals surface area contributed by atoms with Crippen LogP contribution in [-0.4, -0.2) is 76.3 Å². The van der Waals surface area contributed by atoms with Crippen LogP contribution in [0.2, 0.25) is 0 Å². The van der Waals surface area contributed by atoms with E-state index in [1.165, 1.54) is 0 Å². The quantitative estimate of drug-likeness (QED) is 0.289. The topological polar surface area (TPSA) is 127 Å². The maximum Gasteiger partial charge on any atom is 0.260 e. The molecule has 208 valence electrons. The highest BCUT2D eigenvalue weighted by Gasteiger charge is 2.74. The third kappa shape index (κ3) is 4.31. The van der Waals surface area contributed by atoms with Crippen molar-refractivity contribution in [1.82, 2.24) is 0 Å². The fourth-order valence-electron chi connectivity index (χ4n) is 7.17. The Morgan fingerprint density at radius 2 is 1.78 bits per heavy atom. The van der Waals surface area contributed by atoms with Gasteiger partial charge in [0.2, 0.25) is 6.29 Å². The van der Waals surface area contributed by atoms with E-state index in [1.807, 2.05) is 25.1 Å². The van der Waals surface area contributed by atoms with E-state index in [-0.39, 0.29) is 11.8 Å². The van der Waals surface area contributed by atoms with Crippen LogP contribution in [0.5, 0.6) is 5.75 Å². The Hall–Kier alpha value is -1.01. The van der Waals surface area contributed by atoms with E-state index in [9.17, 15) is 20.4 Å². The van der Waals surface area contributed by atoms with Gasteiger partial charge < -0.3 is 34.6 Å².